The van der Waals surface area contributed by atoms with Crippen LogP contribution >= 0.6 is 15.9 Å². The number of ketones is 1. The number of halogens is 1. The molecule has 2 rings (SSSR count). The molecule has 0 spiro atoms. The number of carbonyl (C=O) groups is 2. The molecule has 0 N–H and O–H groups in total. The zero-order valence-electron chi connectivity index (χ0n) is 13.4. The highest BCUT2D eigenvalue weighted by atomic mass is 79.9. The van der Waals surface area contributed by atoms with Gasteiger partial charge in [-0.05, 0) is 35.2 Å². The molecular formula is C17H25BrO3. The number of ether oxygens (including phenoxy) is 1. The molecule has 0 aromatic carbocycles. The summed E-state index contributed by atoms with van der Waals surface area (Å²) in [4.78, 5) is 24.4. The highest BCUT2D eigenvalue weighted by molar-refractivity contribution is 9.09. The normalized spacial score (nSPS) is 31.9. The monoisotopic (exact) mass is 356 g/mol. The van der Waals surface area contributed by atoms with E-state index in [0.717, 1.165) is 30.4 Å². The van der Waals surface area contributed by atoms with Gasteiger partial charge in [0, 0.05) is 17.3 Å². The average Bonchev–Trinajstić information content (AvgIpc) is 2.41. The second-order valence-electron chi connectivity index (χ2n) is 7.28. The highest BCUT2D eigenvalue weighted by Crippen LogP contribution is 2.59. The van der Waals surface area contributed by atoms with Gasteiger partial charge in [0.15, 0.2) is 5.78 Å². The summed E-state index contributed by atoms with van der Waals surface area (Å²) in [6, 6.07) is 0. The van der Waals surface area contributed by atoms with Gasteiger partial charge in [0.1, 0.15) is 0 Å². The first kappa shape index (κ1) is 16.7. The van der Waals surface area contributed by atoms with Crippen LogP contribution < -0.4 is 0 Å². The Hall–Kier alpha value is -0.640. The fourth-order valence-electron chi connectivity index (χ4n) is 4.49. The summed E-state index contributed by atoms with van der Waals surface area (Å²) in [6.45, 7) is 6.76. The molecule has 2 atom stereocenters. The molecular weight excluding hydrogens is 332 g/mol. The Balaban J connectivity index is 2.52. The van der Waals surface area contributed by atoms with E-state index in [2.05, 4.69) is 36.7 Å². The number of rotatable bonds is 3. The van der Waals surface area contributed by atoms with Crippen LogP contribution in [0.1, 0.15) is 52.9 Å². The molecule has 0 bridgehead atoms. The van der Waals surface area contributed by atoms with Crippen LogP contribution in [0, 0.1) is 16.7 Å². The molecule has 0 aromatic rings. The molecule has 4 heteroatoms. The Morgan fingerprint density at radius 3 is 2.57 bits per heavy atom. The molecule has 1 fully saturated rings. The Morgan fingerprint density at radius 2 is 2.00 bits per heavy atom. The molecule has 3 nitrogen and oxygen atoms in total. The molecule has 0 aromatic heterocycles. The number of Topliss-reactive ketones (excluding diaryl/α,β-unsaturated/α-hetero) is 1. The van der Waals surface area contributed by atoms with Crippen molar-refractivity contribution in [1.82, 2.24) is 0 Å². The van der Waals surface area contributed by atoms with Crippen molar-refractivity contribution in [3.05, 3.63) is 11.1 Å². The van der Waals surface area contributed by atoms with Gasteiger partial charge in [-0.25, -0.2) is 0 Å². The van der Waals surface area contributed by atoms with Crippen molar-refractivity contribution < 1.29 is 14.3 Å². The zero-order valence-corrected chi connectivity index (χ0v) is 15.0. The van der Waals surface area contributed by atoms with Crippen LogP contribution in [0.5, 0.6) is 0 Å². The molecule has 118 valence electrons. The molecule has 1 unspecified atom stereocenters. The number of carbonyl (C=O) groups excluding carboxylic acids is 2. The third-order valence-electron chi connectivity index (χ3n) is 5.69. The summed E-state index contributed by atoms with van der Waals surface area (Å²) < 4.78 is 4.86. The van der Waals surface area contributed by atoms with Crippen molar-refractivity contribution in [2.24, 2.45) is 16.7 Å². The second-order valence-corrected chi connectivity index (χ2v) is 7.84. The van der Waals surface area contributed by atoms with Crippen molar-refractivity contribution in [1.29, 1.82) is 0 Å². The van der Waals surface area contributed by atoms with Gasteiger partial charge in [-0.2, -0.15) is 0 Å². The Bertz CT molecular complexity index is 492. The van der Waals surface area contributed by atoms with Crippen molar-refractivity contribution in [3.8, 4) is 0 Å². The maximum Gasteiger partial charge on any atom is 0.309 e. The molecule has 2 aliphatic carbocycles. The summed E-state index contributed by atoms with van der Waals surface area (Å²) >= 11 is 3.44. The van der Waals surface area contributed by atoms with E-state index in [1.165, 1.54) is 7.11 Å². The molecule has 0 radical (unpaired) electrons. The molecule has 2 aliphatic rings. The fourth-order valence-corrected chi connectivity index (χ4v) is 5.14. The number of methoxy groups -OCH3 is 1. The maximum atomic E-state index is 12.6. The first-order valence-electron chi connectivity index (χ1n) is 7.64. The van der Waals surface area contributed by atoms with Gasteiger partial charge >= 0.3 is 5.97 Å². The molecule has 0 aliphatic heterocycles. The van der Waals surface area contributed by atoms with Crippen molar-refractivity contribution >= 4 is 27.7 Å². The summed E-state index contributed by atoms with van der Waals surface area (Å²) in [7, 11) is 1.41. The van der Waals surface area contributed by atoms with Crippen molar-refractivity contribution in [2.75, 3.05) is 12.4 Å². The van der Waals surface area contributed by atoms with Crippen LogP contribution in [-0.4, -0.2) is 24.2 Å². The minimum absolute atomic E-state index is 0.0625. The summed E-state index contributed by atoms with van der Waals surface area (Å²) in [6.07, 6.45) is 4.20. The SMILES string of the molecule is COC(=O)CC1=C(CBr)C(=O)CC2C(C)(C)CCC[C@]12C. The quantitative estimate of drug-likeness (QED) is 0.565. The first-order valence-corrected chi connectivity index (χ1v) is 8.77. The lowest BCUT2D eigenvalue weighted by atomic mass is 9.50. The fraction of sp³-hybridized carbons (Fsp3) is 0.765. The van der Waals surface area contributed by atoms with E-state index in [0.29, 0.717) is 17.7 Å². The number of hydrogen-bond donors (Lipinski definition) is 0. The minimum Gasteiger partial charge on any atom is -0.469 e. The van der Waals surface area contributed by atoms with Gasteiger partial charge in [-0.3, -0.25) is 9.59 Å². The van der Waals surface area contributed by atoms with E-state index < -0.39 is 0 Å². The van der Waals surface area contributed by atoms with Crippen LogP contribution in [0.3, 0.4) is 0 Å². The topological polar surface area (TPSA) is 43.4 Å². The van der Waals surface area contributed by atoms with Gasteiger partial charge in [0.2, 0.25) is 0 Å². The van der Waals surface area contributed by atoms with E-state index in [1.807, 2.05) is 0 Å². The maximum absolute atomic E-state index is 12.6. The minimum atomic E-state index is -0.249. The Labute approximate surface area is 135 Å². The summed E-state index contributed by atoms with van der Waals surface area (Å²) in [5.41, 5.74) is 1.89. The van der Waals surface area contributed by atoms with Gasteiger partial charge in [0.25, 0.3) is 0 Å². The van der Waals surface area contributed by atoms with Gasteiger partial charge in [-0.15, -0.1) is 0 Å². The van der Waals surface area contributed by atoms with Gasteiger partial charge in [0.05, 0.1) is 13.5 Å². The molecule has 0 amide bonds. The third-order valence-corrected chi connectivity index (χ3v) is 6.25. The summed E-state index contributed by atoms with van der Waals surface area (Å²) in [5.74, 6) is 0.262. The van der Waals surface area contributed by atoms with Crippen LogP contribution in [0.4, 0.5) is 0 Å². The lowest BCUT2D eigenvalue weighted by molar-refractivity contribution is -0.140. The molecule has 0 heterocycles. The van der Waals surface area contributed by atoms with Crippen LogP contribution in [0.25, 0.3) is 0 Å². The largest absolute Gasteiger partial charge is 0.469 e. The Kier molecular flexibility index (Phi) is 4.67. The highest BCUT2D eigenvalue weighted by Gasteiger charge is 2.52. The summed E-state index contributed by atoms with van der Waals surface area (Å²) in [5, 5.41) is 0.529. The van der Waals surface area contributed by atoms with Gasteiger partial charge in [-0.1, -0.05) is 43.1 Å². The number of alkyl halides is 1. The van der Waals surface area contributed by atoms with E-state index in [-0.39, 0.29) is 29.0 Å². The smallest absolute Gasteiger partial charge is 0.309 e. The van der Waals surface area contributed by atoms with Crippen molar-refractivity contribution in [3.63, 3.8) is 0 Å². The number of allylic oxidation sites excluding steroid dienone is 1. The standard InChI is InChI=1S/C17H25BrO3/c1-16(2)6-5-7-17(3)12(8-15(20)21-4)11(10-18)13(19)9-14(16)17/h14H,5-10H2,1-4H3/t14?,17-/m1/s1. The lowest BCUT2D eigenvalue weighted by Crippen LogP contribution is -2.48. The van der Waals surface area contributed by atoms with Crippen LogP contribution in [0.15, 0.2) is 11.1 Å². The predicted molar refractivity (Wildman–Crippen MR) is 86.3 cm³/mol. The van der Waals surface area contributed by atoms with Gasteiger partial charge < -0.3 is 4.74 Å². The second kappa shape index (κ2) is 5.86. The van der Waals surface area contributed by atoms with E-state index in [4.69, 9.17) is 4.74 Å². The third kappa shape index (κ3) is 2.84. The van der Waals surface area contributed by atoms with E-state index in [9.17, 15) is 9.59 Å². The van der Waals surface area contributed by atoms with Crippen molar-refractivity contribution in [2.45, 2.75) is 52.9 Å². The number of esters is 1. The first-order chi connectivity index (χ1) is 9.76. The number of fused-ring (bicyclic) bond motifs is 1. The average molecular weight is 357 g/mol. The lowest BCUT2D eigenvalue weighted by Gasteiger charge is -2.54. The van der Waals surface area contributed by atoms with E-state index >= 15 is 0 Å². The van der Waals surface area contributed by atoms with Crippen LogP contribution in [0.2, 0.25) is 0 Å². The molecule has 0 saturated heterocycles. The zero-order chi connectivity index (χ0) is 15.8. The number of hydrogen-bond acceptors (Lipinski definition) is 3. The Morgan fingerprint density at radius 1 is 1.33 bits per heavy atom. The van der Waals surface area contributed by atoms with E-state index in [1.54, 1.807) is 0 Å². The molecule has 21 heavy (non-hydrogen) atoms. The van der Waals surface area contributed by atoms with Crippen LogP contribution in [-0.2, 0) is 14.3 Å². The predicted octanol–water partition coefficient (Wildman–Crippen LogP) is 4.05. The molecule has 1 saturated carbocycles.